The van der Waals surface area contributed by atoms with Gasteiger partial charge in [0.2, 0.25) is 0 Å². The normalized spacial score (nSPS) is 11.8. The summed E-state index contributed by atoms with van der Waals surface area (Å²) in [5.41, 5.74) is 0. The second-order valence-corrected chi connectivity index (χ2v) is 2.74. The molecule has 0 aromatic carbocycles. The van der Waals surface area contributed by atoms with Crippen LogP contribution in [0.4, 0.5) is 0 Å². The smallest absolute Gasteiger partial charge is 0.0443 e. The van der Waals surface area contributed by atoms with Crippen molar-refractivity contribution in [2.45, 2.75) is 88.0 Å². The zero-order chi connectivity index (χ0) is 12.4. The molecule has 0 spiro atoms. The van der Waals surface area contributed by atoms with E-state index in [1.54, 1.807) is 0 Å². The van der Waals surface area contributed by atoms with Crippen LogP contribution >= 0.6 is 0 Å². The molecule has 0 atom stereocenters. The van der Waals surface area contributed by atoms with Gasteiger partial charge in [-0.1, -0.05) is 88.0 Å². The maximum absolute atomic E-state index is 2.31. The van der Waals surface area contributed by atoms with E-state index in [9.17, 15) is 0 Å². The van der Waals surface area contributed by atoms with Gasteiger partial charge in [-0.15, -0.1) is 0 Å². The molecule has 1 rings (SSSR count). The summed E-state index contributed by atoms with van der Waals surface area (Å²) in [6, 6.07) is 0. The minimum absolute atomic E-state index is 1.06. The summed E-state index contributed by atoms with van der Waals surface area (Å²) >= 11 is 0. The lowest BCUT2D eigenvalue weighted by molar-refractivity contribution is 0.346. The van der Waals surface area contributed by atoms with Gasteiger partial charge in [0.25, 0.3) is 0 Å². The first kappa shape index (κ1) is 23.7. The maximum atomic E-state index is 2.31. The van der Waals surface area contributed by atoms with Crippen LogP contribution < -0.4 is 0 Å². The molecule has 0 heteroatoms. The highest BCUT2D eigenvalue weighted by Crippen LogP contribution is 2.24. The van der Waals surface area contributed by atoms with Crippen LogP contribution in [-0.2, 0) is 0 Å². The molecule has 0 bridgehead atoms. The fourth-order valence-electron chi connectivity index (χ4n) is 0.612. The van der Waals surface area contributed by atoms with Crippen LogP contribution in [0.2, 0.25) is 0 Å². The highest BCUT2D eigenvalue weighted by atomic mass is 14.1. The van der Waals surface area contributed by atoms with Gasteiger partial charge in [0, 0.05) is 0 Å². The molecule has 1 aliphatic rings. The van der Waals surface area contributed by atoms with Crippen molar-refractivity contribution in [1.82, 2.24) is 0 Å². The number of rotatable bonds is 0. The first-order valence-electron chi connectivity index (χ1n) is 6.81. The van der Waals surface area contributed by atoms with Crippen molar-refractivity contribution in [2.75, 3.05) is 0 Å². The molecule has 0 N–H and O–H groups in total. The Morgan fingerprint density at radius 3 is 0.929 bits per heavy atom. The minimum atomic E-state index is 1.06. The van der Waals surface area contributed by atoms with Crippen molar-refractivity contribution >= 4 is 0 Å². The summed E-state index contributed by atoms with van der Waals surface area (Å²) in [5.74, 6) is 1.06. The average molecular weight is 204 g/mol. The molecule has 0 aliphatic heterocycles. The van der Waals surface area contributed by atoms with Crippen molar-refractivity contribution in [1.29, 1.82) is 0 Å². The molecule has 0 heterocycles. The maximum Gasteiger partial charge on any atom is -0.0443 e. The van der Waals surface area contributed by atoms with Crippen LogP contribution in [-0.4, -0.2) is 0 Å². The van der Waals surface area contributed by atoms with E-state index in [4.69, 9.17) is 0 Å². The Morgan fingerprint density at radius 2 is 0.929 bits per heavy atom. The fourth-order valence-corrected chi connectivity index (χ4v) is 0.612. The van der Waals surface area contributed by atoms with Gasteiger partial charge < -0.3 is 0 Å². The Labute approximate surface area is 94.5 Å². The lowest BCUT2D eigenvalue weighted by Crippen LogP contribution is -2.04. The summed E-state index contributed by atoms with van der Waals surface area (Å²) in [5, 5.41) is 0. The van der Waals surface area contributed by atoms with E-state index >= 15 is 0 Å². The average Bonchev–Trinajstić information content (AvgIpc) is 2.25. The van der Waals surface area contributed by atoms with Crippen molar-refractivity contribution < 1.29 is 0 Å². The van der Waals surface area contributed by atoms with E-state index in [1.807, 2.05) is 41.5 Å². The molecule has 14 heavy (non-hydrogen) atoms. The van der Waals surface area contributed by atoms with E-state index in [2.05, 4.69) is 20.8 Å². The summed E-state index contributed by atoms with van der Waals surface area (Å²) in [6.45, 7) is 18.6. The van der Waals surface area contributed by atoms with Crippen molar-refractivity contribution in [3.63, 3.8) is 0 Å². The van der Waals surface area contributed by atoms with Gasteiger partial charge in [-0.05, 0) is 5.92 Å². The van der Waals surface area contributed by atoms with Crippen LogP contribution in [0.15, 0.2) is 0 Å². The summed E-state index contributed by atoms with van der Waals surface area (Å²) in [6.07, 6.45) is 5.71. The van der Waals surface area contributed by atoms with Crippen LogP contribution in [0.25, 0.3) is 0 Å². The molecule has 1 fully saturated rings. The number of hydrogen-bond donors (Lipinski definition) is 0. The Morgan fingerprint density at radius 1 is 0.786 bits per heavy atom. The van der Waals surface area contributed by atoms with Gasteiger partial charge in [-0.2, -0.15) is 0 Å². The molecule has 0 aromatic heterocycles. The second kappa shape index (κ2) is 38.2. The lowest BCUT2D eigenvalue weighted by Gasteiger charge is -2.18. The van der Waals surface area contributed by atoms with Crippen molar-refractivity contribution in [2.24, 2.45) is 5.92 Å². The van der Waals surface area contributed by atoms with E-state index in [-0.39, 0.29) is 0 Å². The molecule has 0 nitrogen and oxygen atoms in total. The van der Waals surface area contributed by atoms with E-state index < -0.39 is 0 Å². The molecular formula is C14H36. The van der Waals surface area contributed by atoms with Gasteiger partial charge in [0.1, 0.15) is 0 Å². The van der Waals surface area contributed by atoms with E-state index in [0.717, 1.165) is 5.92 Å². The SMILES string of the molecule is CC.CC.CC.CC1CCC1.CCC. The van der Waals surface area contributed by atoms with Crippen molar-refractivity contribution in [3.05, 3.63) is 0 Å². The molecule has 92 valence electrons. The van der Waals surface area contributed by atoms with Gasteiger partial charge in [-0.3, -0.25) is 0 Å². The molecular weight excluding hydrogens is 168 g/mol. The zero-order valence-corrected chi connectivity index (χ0v) is 12.4. The summed E-state index contributed by atoms with van der Waals surface area (Å²) in [7, 11) is 0. The third kappa shape index (κ3) is 40.3. The first-order valence-corrected chi connectivity index (χ1v) is 6.81. The highest BCUT2D eigenvalue weighted by Gasteiger charge is 2.09. The monoisotopic (exact) mass is 204 g/mol. The number of hydrogen-bond acceptors (Lipinski definition) is 0. The predicted molar refractivity (Wildman–Crippen MR) is 73.0 cm³/mol. The Kier molecular flexibility index (Phi) is 64.6. The second-order valence-electron chi connectivity index (χ2n) is 2.74. The largest absolute Gasteiger partial charge is 0.0683 e. The highest BCUT2D eigenvalue weighted by molar-refractivity contribution is 4.62. The summed E-state index contributed by atoms with van der Waals surface area (Å²) in [4.78, 5) is 0. The molecule has 0 aromatic rings. The molecule has 0 amide bonds. The van der Waals surface area contributed by atoms with E-state index in [0.29, 0.717) is 0 Å². The van der Waals surface area contributed by atoms with Gasteiger partial charge in [0.05, 0.1) is 0 Å². The predicted octanol–water partition coefficient (Wildman–Crippen LogP) is 6.30. The quantitative estimate of drug-likeness (QED) is 0.434. The third-order valence-corrected chi connectivity index (χ3v) is 1.39. The van der Waals surface area contributed by atoms with Gasteiger partial charge >= 0.3 is 0 Å². The molecule has 1 saturated carbocycles. The Hall–Kier alpha value is 0. The first-order chi connectivity index (χ1) is 6.81. The molecule has 0 saturated heterocycles. The molecule has 0 unspecified atom stereocenters. The standard InChI is InChI=1S/C5H10.C3H8.3C2H6/c1-5-3-2-4-5;1-3-2;3*1-2/h5H,2-4H2,1H3;3H2,1-2H3;3*1-2H3. The van der Waals surface area contributed by atoms with E-state index in [1.165, 1.54) is 25.7 Å². The Bertz CT molecular complexity index is 35.3. The van der Waals surface area contributed by atoms with Crippen LogP contribution in [0.3, 0.4) is 0 Å². The topological polar surface area (TPSA) is 0 Å². The van der Waals surface area contributed by atoms with Gasteiger partial charge in [0.15, 0.2) is 0 Å². The third-order valence-electron chi connectivity index (χ3n) is 1.39. The zero-order valence-electron chi connectivity index (χ0n) is 12.4. The summed E-state index contributed by atoms with van der Waals surface area (Å²) < 4.78 is 0. The van der Waals surface area contributed by atoms with Crippen LogP contribution in [0.1, 0.15) is 88.0 Å². The fraction of sp³-hybridized carbons (Fsp3) is 1.00. The lowest BCUT2D eigenvalue weighted by atomic mass is 9.88. The minimum Gasteiger partial charge on any atom is -0.0683 e. The van der Waals surface area contributed by atoms with Crippen LogP contribution in [0.5, 0.6) is 0 Å². The van der Waals surface area contributed by atoms with Crippen molar-refractivity contribution in [3.8, 4) is 0 Å². The van der Waals surface area contributed by atoms with Gasteiger partial charge in [-0.25, -0.2) is 0 Å². The molecule has 0 radical (unpaired) electrons. The molecule has 1 aliphatic carbocycles. The Balaban J connectivity index is -0.0000000494. The van der Waals surface area contributed by atoms with Crippen LogP contribution in [0, 0.1) is 5.92 Å².